The van der Waals surface area contributed by atoms with Gasteiger partial charge in [0.15, 0.2) is 5.58 Å². The number of hydrogen-bond donors (Lipinski definition) is 0. The van der Waals surface area contributed by atoms with Gasteiger partial charge in [0.2, 0.25) is 5.71 Å². The summed E-state index contributed by atoms with van der Waals surface area (Å²) < 4.78 is 5.71. The zero-order valence-electron chi connectivity index (χ0n) is 9.95. The van der Waals surface area contributed by atoms with Crippen LogP contribution in [-0.2, 0) is 0 Å². The molecule has 19 heavy (non-hydrogen) atoms. The highest BCUT2D eigenvalue weighted by atomic mass is 16.3. The summed E-state index contributed by atoms with van der Waals surface area (Å²) in [5, 5.41) is 0.926. The lowest BCUT2D eigenvalue weighted by molar-refractivity contribution is 0.654. The number of pyridine rings is 3. The molecule has 4 heteroatoms. The summed E-state index contributed by atoms with van der Waals surface area (Å²) in [6, 6.07) is 13.4. The lowest BCUT2D eigenvalue weighted by atomic mass is 10.2. The largest absolute Gasteiger partial charge is 0.436 e. The number of hydrogen-bond acceptors (Lipinski definition) is 4. The van der Waals surface area contributed by atoms with Gasteiger partial charge in [0.05, 0.1) is 16.8 Å². The Labute approximate surface area is 108 Å². The van der Waals surface area contributed by atoms with E-state index >= 15 is 0 Å². The maximum absolute atomic E-state index is 5.71. The summed E-state index contributed by atoms with van der Waals surface area (Å²) in [4.78, 5) is 13.1. The first-order valence-electron chi connectivity index (χ1n) is 5.97. The number of nitrogens with zero attached hydrogens (tertiary/aromatic N) is 3. The Kier molecular flexibility index (Phi) is 2.08. The second-order valence-corrected chi connectivity index (χ2v) is 4.22. The molecule has 0 amide bonds. The quantitative estimate of drug-likeness (QED) is 0.517. The Bertz CT molecular complexity index is 868. The molecule has 0 radical (unpaired) electrons. The van der Waals surface area contributed by atoms with E-state index in [1.54, 1.807) is 12.4 Å². The smallest absolute Gasteiger partial charge is 0.229 e. The molecule has 0 N–H and O–H groups in total. The summed E-state index contributed by atoms with van der Waals surface area (Å²) in [5.41, 5.74) is 3.82. The average molecular weight is 247 g/mol. The Morgan fingerprint density at radius 3 is 2.63 bits per heavy atom. The summed E-state index contributed by atoms with van der Waals surface area (Å²) in [5.74, 6) is 0. The fourth-order valence-corrected chi connectivity index (χ4v) is 2.13. The van der Waals surface area contributed by atoms with E-state index in [4.69, 9.17) is 4.42 Å². The van der Waals surface area contributed by atoms with Crippen LogP contribution in [0.2, 0.25) is 0 Å². The molecule has 0 unspecified atom stereocenters. The average Bonchev–Trinajstić information content (AvgIpc) is 2.86. The normalized spacial score (nSPS) is 11.2. The molecule has 0 spiro atoms. The molecule has 4 rings (SSSR count). The van der Waals surface area contributed by atoms with E-state index in [1.165, 1.54) is 0 Å². The third kappa shape index (κ3) is 1.57. The second kappa shape index (κ2) is 3.88. The van der Waals surface area contributed by atoms with Crippen molar-refractivity contribution in [1.29, 1.82) is 0 Å². The van der Waals surface area contributed by atoms with Crippen LogP contribution in [0.4, 0.5) is 0 Å². The maximum atomic E-state index is 5.71. The molecule has 90 valence electrons. The zero-order valence-corrected chi connectivity index (χ0v) is 9.95. The van der Waals surface area contributed by atoms with Crippen molar-refractivity contribution in [2.75, 3.05) is 0 Å². The third-order valence-corrected chi connectivity index (χ3v) is 3.02. The predicted octanol–water partition coefficient (Wildman–Crippen LogP) is 3.44. The molecule has 4 aromatic rings. The SMILES string of the molecule is c1ccc(-c2ccc3c(n2)oc2cccnc23)nc1. The molecule has 0 aromatic carbocycles. The third-order valence-electron chi connectivity index (χ3n) is 3.02. The van der Waals surface area contributed by atoms with E-state index in [-0.39, 0.29) is 0 Å². The topological polar surface area (TPSA) is 51.8 Å². The lowest BCUT2D eigenvalue weighted by Gasteiger charge is -1.98. The first-order chi connectivity index (χ1) is 9.42. The van der Waals surface area contributed by atoms with Gasteiger partial charge in [0.1, 0.15) is 5.52 Å². The highest BCUT2D eigenvalue weighted by Gasteiger charge is 2.10. The van der Waals surface area contributed by atoms with Gasteiger partial charge in [-0.15, -0.1) is 0 Å². The van der Waals surface area contributed by atoms with Crippen LogP contribution in [0.15, 0.2) is 59.3 Å². The first-order valence-corrected chi connectivity index (χ1v) is 5.97. The maximum Gasteiger partial charge on any atom is 0.229 e. The Morgan fingerprint density at radius 1 is 0.789 bits per heavy atom. The molecule has 0 aliphatic rings. The summed E-state index contributed by atoms with van der Waals surface area (Å²) in [7, 11) is 0. The molecule has 0 aliphatic heterocycles. The molecule has 4 nitrogen and oxygen atoms in total. The summed E-state index contributed by atoms with van der Waals surface area (Å²) in [6.07, 6.45) is 3.51. The van der Waals surface area contributed by atoms with Crippen molar-refractivity contribution in [2.24, 2.45) is 0 Å². The van der Waals surface area contributed by atoms with Crippen LogP contribution in [0.25, 0.3) is 33.6 Å². The van der Waals surface area contributed by atoms with Crippen LogP contribution >= 0.6 is 0 Å². The van der Waals surface area contributed by atoms with Crippen molar-refractivity contribution in [3.63, 3.8) is 0 Å². The van der Waals surface area contributed by atoms with E-state index in [0.29, 0.717) is 5.71 Å². The second-order valence-electron chi connectivity index (χ2n) is 4.22. The van der Waals surface area contributed by atoms with Gasteiger partial charge in [0, 0.05) is 12.4 Å². The van der Waals surface area contributed by atoms with Gasteiger partial charge < -0.3 is 4.42 Å². The monoisotopic (exact) mass is 247 g/mol. The number of fused-ring (bicyclic) bond motifs is 3. The van der Waals surface area contributed by atoms with Crippen molar-refractivity contribution in [1.82, 2.24) is 15.0 Å². The van der Waals surface area contributed by atoms with Gasteiger partial charge >= 0.3 is 0 Å². The molecule has 4 heterocycles. The molecule has 0 saturated heterocycles. The molecule has 0 saturated carbocycles. The van der Waals surface area contributed by atoms with Crippen molar-refractivity contribution >= 4 is 22.2 Å². The molecule has 0 atom stereocenters. The fourth-order valence-electron chi connectivity index (χ4n) is 2.13. The molecule has 0 bridgehead atoms. The van der Waals surface area contributed by atoms with Crippen LogP contribution in [0, 0.1) is 0 Å². The van der Waals surface area contributed by atoms with Crippen molar-refractivity contribution in [3.05, 3.63) is 54.9 Å². The van der Waals surface area contributed by atoms with Crippen LogP contribution in [0.5, 0.6) is 0 Å². The molecule has 0 fully saturated rings. The standard InChI is InChI=1S/C15H9N3O/c1-2-8-16-11(4-1)12-7-6-10-14-13(5-3-9-17-14)19-15(10)18-12/h1-9H. The van der Waals surface area contributed by atoms with Gasteiger partial charge in [-0.3, -0.25) is 9.97 Å². The Morgan fingerprint density at radius 2 is 1.74 bits per heavy atom. The minimum absolute atomic E-state index is 0.594. The number of rotatable bonds is 1. The van der Waals surface area contributed by atoms with Crippen LogP contribution in [0.3, 0.4) is 0 Å². The van der Waals surface area contributed by atoms with Gasteiger partial charge in [-0.05, 0) is 36.4 Å². The summed E-state index contributed by atoms with van der Waals surface area (Å²) >= 11 is 0. The Balaban J connectivity index is 1.99. The first kappa shape index (κ1) is 10.2. The molecule has 4 aromatic heterocycles. The van der Waals surface area contributed by atoms with Gasteiger partial charge in [0.25, 0.3) is 0 Å². The fraction of sp³-hybridized carbons (Fsp3) is 0. The molecular weight excluding hydrogens is 238 g/mol. The Hall–Kier alpha value is -2.75. The highest BCUT2D eigenvalue weighted by Crippen LogP contribution is 2.27. The van der Waals surface area contributed by atoms with Crippen LogP contribution in [0.1, 0.15) is 0 Å². The number of furan rings is 1. The van der Waals surface area contributed by atoms with Crippen LogP contribution < -0.4 is 0 Å². The molecule has 0 aliphatic carbocycles. The lowest BCUT2D eigenvalue weighted by Crippen LogP contribution is -1.85. The van der Waals surface area contributed by atoms with E-state index in [2.05, 4.69) is 15.0 Å². The predicted molar refractivity (Wildman–Crippen MR) is 72.5 cm³/mol. The van der Waals surface area contributed by atoms with Gasteiger partial charge in [-0.1, -0.05) is 6.07 Å². The van der Waals surface area contributed by atoms with E-state index < -0.39 is 0 Å². The van der Waals surface area contributed by atoms with E-state index in [9.17, 15) is 0 Å². The van der Waals surface area contributed by atoms with E-state index in [0.717, 1.165) is 27.9 Å². The molecular formula is C15H9N3O. The summed E-state index contributed by atoms with van der Waals surface area (Å²) in [6.45, 7) is 0. The van der Waals surface area contributed by atoms with Crippen molar-refractivity contribution in [3.8, 4) is 11.4 Å². The van der Waals surface area contributed by atoms with Crippen molar-refractivity contribution in [2.45, 2.75) is 0 Å². The van der Waals surface area contributed by atoms with Gasteiger partial charge in [-0.2, -0.15) is 0 Å². The minimum Gasteiger partial charge on any atom is -0.436 e. The minimum atomic E-state index is 0.594. The zero-order chi connectivity index (χ0) is 12.7. The van der Waals surface area contributed by atoms with Crippen molar-refractivity contribution < 1.29 is 4.42 Å². The highest BCUT2D eigenvalue weighted by molar-refractivity contribution is 6.01. The number of aromatic nitrogens is 3. The van der Waals surface area contributed by atoms with Crippen LogP contribution in [-0.4, -0.2) is 15.0 Å². The van der Waals surface area contributed by atoms with E-state index in [1.807, 2.05) is 42.5 Å². The van der Waals surface area contributed by atoms with Gasteiger partial charge in [-0.25, -0.2) is 4.98 Å².